The molecule has 0 fully saturated rings. The van der Waals surface area contributed by atoms with Gasteiger partial charge in [-0.3, -0.25) is 4.79 Å². The van der Waals surface area contributed by atoms with Crippen LogP contribution in [0.2, 0.25) is 0 Å². The molecule has 1 aromatic rings. The highest BCUT2D eigenvalue weighted by molar-refractivity contribution is 9.10. The molecule has 0 heterocycles. The van der Waals surface area contributed by atoms with Crippen molar-refractivity contribution in [2.75, 3.05) is 5.75 Å². The number of hydrogen-bond donors (Lipinski definition) is 2. The van der Waals surface area contributed by atoms with E-state index in [1.54, 1.807) is 6.07 Å². The lowest BCUT2D eigenvalue weighted by molar-refractivity contribution is -0.109. The molecule has 0 radical (unpaired) electrons. The molecule has 6 heteroatoms. The summed E-state index contributed by atoms with van der Waals surface area (Å²) in [5.74, 6) is -0.575. The number of benzene rings is 1. The van der Waals surface area contributed by atoms with E-state index in [2.05, 4.69) is 15.9 Å². The van der Waals surface area contributed by atoms with Crippen molar-refractivity contribution in [2.24, 2.45) is 0 Å². The lowest BCUT2D eigenvalue weighted by Crippen LogP contribution is -2.22. The number of halogens is 2. The monoisotopic (exact) mass is 322 g/mol. The van der Waals surface area contributed by atoms with Crippen LogP contribution in [-0.4, -0.2) is 27.2 Å². The Morgan fingerprint density at radius 2 is 2.18 bits per heavy atom. The molecule has 94 valence electrons. The SMILES string of the molecule is CC(=O)SCC(O)C(O)c1cccc(Br)c1F. The molecule has 2 N–H and O–H groups in total. The van der Waals surface area contributed by atoms with Crippen molar-refractivity contribution in [3.8, 4) is 0 Å². The van der Waals surface area contributed by atoms with Crippen LogP contribution >= 0.6 is 27.7 Å². The van der Waals surface area contributed by atoms with Crippen molar-refractivity contribution >= 4 is 32.8 Å². The summed E-state index contributed by atoms with van der Waals surface area (Å²) in [7, 11) is 0. The van der Waals surface area contributed by atoms with Crippen LogP contribution in [0, 0.1) is 5.82 Å². The van der Waals surface area contributed by atoms with Crippen LogP contribution < -0.4 is 0 Å². The molecule has 0 aliphatic rings. The van der Waals surface area contributed by atoms with Gasteiger partial charge in [0.25, 0.3) is 0 Å². The molecular weight excluding hydrogens is 311 g/mol. The molecule has 0 aliphatic carbocycles. The normalized spacial score (nSPS) is 14.4. The van der Waals surface area contributed by atoms with Crippen molar-refractivity contribution in [3.63, 3.8) is 0 Å². The van der Waals surface area contributed by atoms with Gasteiger partial charge in [-0.2, -0.15) is 0 Å². The van der Waals surface area contributed by atoms with Gasteiger partial charge in [-0.25, -0.2) is 4.39 Å². The topological polar surface area (TPSA) is 57.5 Å². The molecule has 0 amide bonds. The van der Waals surface area contributed by atoms with Gasteiger partial charge in [0.15, 0.2) is 5.12 Å². The average Bonchev–Trinajstić information content (AvgIpc) is 2.28. The zero-order valence-corrected chi connectivity index (χ0v) is 11.5. The first-order chi connectivity index (χ1) is 7.93. The van der Waals surface area contributed by atoms with Crippen LogP contribution in [-0.2, 0) is 4.79 Å². The summed E-state index contributed by atoms with van der Waals surface area (Å²) in [5, 5.41) is 19.2. The van der Waals surface area contributed by atoms with E-state index in [-0.39, 0.29) is 20.9 Å². The summed E-state index contributed by atoms with van der Waals surface area (Å²) < 4.78 is 13.8. The molecule has 0 saturated carbocycles. The standard InChI is InChI=1S/C11H12BrFO3S/c1-6(14)17-5-9(15)11(16)7-3-2-4-8(12)10(7)13/h2-4,9,11,15-16H,5H2,1H3. The van der Waals surface area contributed by atoms with Crippen molar-refractivity contribution in [3.05, 3.63) is 34.1 Å². The maximum absolute atomic E-state index is 13.6. The zero-order chi connectivity index (χ0) is 13.0. The molecule has 3 nitrogen and oxygen atoms in total. The van der Waals surface area contributed by atoms with E-state index in [1.165, 1.54) is 19.1 Å². The third-order valence-corrected chi connectivity index (χ3v) is 3.65. The predicted molar refractivity (Wildman–Crippen MR) is 68.2 cm³/mol. The van der Waals surface area contributed by atoms with E-state index < -0.39 is 18.0 Å². The Balaban J connectivity index is 2.77. The Bertz CT molecular complexity index is 414. The minimum absolute atomic E-state index is 0.0102. The van der Waals surface area contributed by atoms with Gasteiger partial charge >= 0.3 is 0 Å². The molecule has 0 bridgehead atoms. The number of hydrogen-bond acceptors (Lipinski definition) is 4. The van der Waals surface area contributed by atoms with Crippen molar-refractivity contribution < 1.29 is 19.4 Å². The van der Waals surface area contributed by atoms with Gasteiger partial charge < -0.3 is 10.2 Å². The summed E-state index contributed by atoms with van der Waals surface area (Å²) in [6.07, 6.45) is -2.54. The van der Waals surface area contributed by atoms with Crippen LogP contribution in [0.1, 0.15) is 18.6 Å². The molecule has 0 aliphatic heterocycles. The molecule has 2 atom stereocenters. The van der Waals surface area contributed by atoms with Crippen LogP contribution in [0.3, 0.4) is 0 Å². The highest BCUT2D eigenvalue weighted by Crippen LogP contribution is 2.26. The Hall–Kier alpha value is -0.430. The number of aliphatic hydroxyl groups excluding tert-OH is 2. The molecular formula is C11H12BrFO3S. The van der Waals surface area contributed by atoms with Gasteiger partial charge in [0.1, 0.15) is 11.9 Å². The summed E-state index contributed by atoms with van der Waals surface area (Å²) in [5.41, 5.74) is 0.0102. The zero-order valence-electron chi connectivity index (χ0n) is 9.06. The third-order valence-electron chi connectivity index (χ3n) is 2.12. The second-order valence-corrected chi connectivity index (χ2v) is 5.51. The summed E-state index contributed by atoms with van der Waals surface area (Å²) in [4.78, 5) is 10.7. The molecule has 1 rings (SSSR count). The van der Waals surface area contributed by atoms with E-state index >= 15 is 0 Å². The minimum atomic E-state index is -1.35. The first-order valence-corrected chi connectivity index (χ1v) is 6.64. The number of aliphatic hydroxyl groups is 2. The third kappa shape index (κ3) is 4.06. The summed E-state index contributed by atoms with van der Waals surface area (Å²) in [6, 6.07) is 4.46. The van der Waals surface area contributed by atoms with Gasteiger partial charge in [-0.15, -0.1) is 0 Å². The smallest absolute Gasteiger partial charge is 0.185 e. The number of carbonyl (C=O) groups is 1. The van der Waals surface area contributed by atoms with Crippen LogP contribution in [0.25, 0.3) is 0 Å². The van der Waals surface area contributed by atoms with E-state index in [1.807, 2.05) is 0 Å². The van der Waals surface area contributed by atoms with Gasteiger partial charge in [-0.1, -0.05) is 23.9 Å². The minimum Gasteiger partial charge on any atom is -0.389 e. The Morgan fingerprint density at radius 3 is 2.76 bits per heavy atom. The van der Waals surface area contributed by atoms with Crippen LogP contribution in [0.4, 0.5) is 4.39 Å². The fraction of sp³-hybridized carbons (Fsp3) is 0.364. The molecule has 1 aromatic carbocycles. The van der Waals surface area contributed by atoms with Crippen molar-refractivity contribution in [1.29, 1.82) is 0 Å². The van der Waals surface area contributed by atoms with E-state index in [4.69, 9.17) is 0 Å². The highest BCUT2D eigenvalue weighted by Gasteiger charge is 2.22. The van der Waals surface area contributed by atoms with Gasteiger partial charge in [-0.05, 0) is 22.0 Å². The van der Waals surface area contributed by atoms with Gasteiger partial charge in [0.2, 0.25) is 0 Å². The Labute approximate surface area is 111 Å². The fourth-order valence-electron chi connectivity index (χ4n) is 1.25. The lowest BCUT2D eigenvalue weighted by Gasteiger charge is -2.18. The summed E-state index contributed by atoms with van der Waals surface area (Å²) in [6.45, 7) is 1.36. The van der Waals surface area contributed by atoms with Crippen LogP contribution in [0.15, 0.2) is 22.7 Å². The van der Waals surface area contributed by atoms with Gasteiger partial charge in [0.05, 0.1) is 10.6 Å². The highest BCUT2D eigenvalue weighted by atomic mass is 79.9. The van der Waals surface area contributed by atoms with Gasteiger partial charge in [0, 0.05) is 18.2 Å². The van der Waals surface area contributed by atoms with Crippen molar-refractivity contribution in [2.45, 2.75) is 19.1 Å². The van der Waals surface area contributed by atoms with E-state index in [0.717, 1.165) is 11.8 Å². The second-order valence-electron chi connectivity index (χ2n) is 3.46. The van der Waals surface area contributed by atoms with Crippen LogP contribution in [0.5, 0.6) is 0 Å². The maximum atomic E-state index is 13.6. The van der Waals surface area contributed by atoms with Crippen molar-refractivity contribution in [1.82, 2.24) is 0 Å². The average molecular weight is 323 g/mol. The number of carbonyl (C=O) groups excluding carboxylic acids is 1. The maximum Gasteiger partial charge on any atom is 0.185 e. The summed E-state index contributed by atoms with van der Waals surface area (Å²) >= 11 is 3.89. The first kappa shape index (κ1) is 14.6. The molecule has 2 unspecified atom stereocenters. The number of thioether (sulfide) groups is 1. The fourth-order valence-corrected chi connectivity index (χ4v) is 2.22. The lowest BCUT2D eigenvalue weighted by atomic mass is 10.1. The second kappa shape index (κ2) is 6.49. The predicted octanol–water partition coefficient (Wildman–Crippen LogP) is 2.26. The Morgan fingerprint density at radius 1 is 1.53 bits per heavy atom. The quantitative estimate of drug-likeness (QED) is 0.892. The van der Waals surface area contributed by atoms with E-state index in [9.17, 15) is 19.4 Å². The molecule has 0 saturated heterocycles. The molecule has 17 heavy (non-hydrogen) atoms. The first-order valence-electron chi connectivity index (χ1n) is 4.87. The Kier molecular flexibility index (Phi) is 5.58. The largest absolute Gasteiger partial charge is 0.389 e. The molecule has 0 aromatic heterocycles. The number of rotatable bonds is 4. The van der Waals surface area contributed by atoms with E-state index in [0.29, 0.717) is 0 Å². The molecule has 0 spiro atoms.